The maximum absolute atomic E-state index is 12.2. The number of fused-ring (bicyclic) bond motifs is 1. The van der Waals surface area contributed by atoms with Crippen molar-refractivity contribution in [1.82, 2.24) is 20.1 Å². The van der Waals surface area contributed by atoms with Crippen molar-refractivity contribution < 1.29 is 14.6 Å². The molecule has 1 saturated heterocycles. The fraction of sp³-hybridized carbons (Fsp3) is 0.211. The third kappa shape index (κ3) is 3.05. The predicted octanol–water partition coefficient (Wildman–Crippen LogP) is 3.07. The second-order valence-corrected chi connectivity index (χ2v) is 6.57. The molecular weight excluding hydrogens is 368 g/mol. The summed E-state index contributed by atoms with van der Waals surface area (Å²) in [5.41, 5.74) is 2.22. The molecule has 1 amide bonds. The van der Waals surface area contributed by atoms with E-state index in [0.717, 1.165) is 0 Å². The number of nitrogens with zero attached hydrogens (tertiary/aromatic N) is 3. The number of morpholine rings is 1. The summed E-state index contributed by atoms with van der Waals surface area (Å²) in [6, 6.07) is 8.29. The van der Waals surface area contributed by atoms with Gasteiger partial charge in [-0.25, -0.2) is 0 Å². The van der Waals surface area contributed by atoms with Crippen LogP contribution in [0.1, 0.15) is 11.7 Å². The fourth-order valence-corrected chi connectivity index (χ4v) is 3.57. The third-order valence-electron chi connectivity index (χ3n) is 4.62. The summed E-state index contributed by atoms with van der Waals surface area (Å²) in [5, 5.41) is 19.6. The number of H-pyrrole nitrogens is 1. The Morgan fingerprint density at radius 1 is 1.41 bits per heavy atom. The van der Waals surface area contributed by atoms with E-state index in [1.165, 1.54) is 6.08 Å². The van der Waals surface area contributed by atoms with Gasteiger partial charge in [0.2, 0.25) is 5.91 Å². The van der Waals surface area contributed by atoms with E-state index in [2.05, 4.69) is 21.8 Å². The van der Waals surface area contributed by atoms with E-state index < -0.39 is 0 Å². The van der Waals surface area contributed by atoms with Crippen LogP contribution in [-0.4, -0.2) is 50.9 Å². The highest BCUT2D eigenvalue weighted by atomic mass is 35.5. The van der Waals surface area contributed by atoms with Crippen molar-refractivity contribution >= 4 is 28.5 Å². The lowest BCUT2D eigenvalue weighted by Gasteiger charge is -2.34. The summed E-state index contributed by atoms with van der Waals surface area (Å²) in [6.07, 6.45) is 1.28. The van der Waals surface area contributed by atoms with Gasteiger partial charge in [-0.15, -0.1) is 10.2 Å². The molecule has 3 heterocycles. The zero-order chi connectivity index (χ0) is 19.0. The summed E-state index contributed by atoms with van der Waals surface area (Å²) in [4.78, 5) is 17.0. The molecule has 1 aromatic carbocycles. The lowest BCUT2D eigenvalue weighted by atomic mass is 10.1. The van der Waals surface area contributed by atoms with Crippen LogP contribution in [-0.2, 0) is 9.53 Å². The van der Waals surface area contributed by atoms with E-state index in [4.69, 9.17) is 16.3 Å². The van der Waals surface area contributed by atoms with E-state index in [1.807, 2.05) is 6.07 Å². The number of amides is 1. The normalized spacial score (nSPS) is 17.2. The first-order valence-electron chi connectivity index (χ1n) is 8.44. The highest BCUT2D eigenvalue weighted by Gasteiger charge is 2.31. The molecule has 2 aromatic heterocycles. The van der Waals surface area contributed by atoms with E-state index >= 15 is 0 Å². The SMILES string of the molecule is C=CC(=O)N1CCOC[C@H]1c1[nH]c2nnc(-c3ccccc3O)cc2c1Cl. The number of para-hydroxylation sites is 1. The van der Waals surface area contributed by atoms with Gasteiger partial charge in [-0.3, -0.25) is 4.79 Å². The maximum Gasteiger partial charge on any atom is 0.246 e. The number of nitrogens with one attached hydrogen (secondary N) is 1. The number of phenols is 1. The van der Waals surface area contributed by atoms with Gasteiger partial charge in [0.25, 0.3) is 0 Å². The molecule has 0 radical (unpaired) electrons. The zero-order valence-electron chi connectivity index (χ0n) is 14.4. The van der Waals surface area contributed by atoms with Gasteiger partial charge < -0.3 is 19.7 Å². The van der Waals surface area contributed by atoms with Crippen LogP contribution < -0.4 is 0 Å². The average Bonchev–Trinajstić information content (AvgIpc) is 3.03. The van der Waals surface area contributed by atoms with Crippen LogP contribution in [0.4, 0.5) is 0 Å². The number of rotatable bonds is 3. The van der Waals surface area contributed by atoms with E-state index in [0.29, 0.717) is 52.8 Å². The van der Waals surface area contributed by atoms with Gasteiger partial charge in [-0.05, 0) is 24.3 Å². The van der Waals surface area contributed by atoms with Crippen molar-refractivity contribution in [3.8, 4) is 17.0 Å². The van der Waals surface area contributed by atoms with E-state index in [9.17, 15) is 9.90 Å². The second kappa shape index (κ2) is 7.02. The number of ether oxygens (including phenoxy) is 1. The molecule has 1 atom stereocenters. The quantitative estimate of drug-likeness (QED) is 0.677. The van der Waals surface area contributed by atoms with Crippen LogP contribution in [0.25, 0.3) is 22.3 Å². The van der Waals surface area contributed by atoms with Crippen LogP contribution in [0.5, 0.6) is 5.75 Å². The minimum Gasteiger partial charge on any atom is -0.507 e. The monoisotopic (exact) mass is 384 g/mol. The Morgan fingerprint density at radius 3 is 3.00 bits per heavy atom. The van der Waals surface area contributed by atoms with Crippen molar-refractivity contribution in [2.24, 2.45) is 0 Å². The summed E-state index contributed by atoms with van der Waals surface area (Å²) in [7, 11) is 0. The molecule has 138 valence electrons. The van der Waals surface area contributed by atoms with Crippen LogP contribution in [0.3, 0.4) is 0 Å². The number of benzene rings is 1. The van der Waals surface area contributed by atoms with Gasteiger partial charge in [0.05, 0.1) is 35.7 Å². The predicted molar refractivity (Wildman–Crippen MR) is 101 cm³/mol. The molecule has 27 heavy (non-hydrogen) atoms. The molecule has 0 saturated carbocycles. The van der Waals surface area contributed by atoms with Gasteiger partial charge in [0.15, 0.2) is 5.65 Å². The van der Waals surface area contributed by atoms with E-state index in [1.54, 1.807) is 29.2 Å². The Morgan fingerprint density at radius 2 is 2.22 bits per heavy atom. The summed E-state index contributed by atoms with van der Waals surface area (Å²) >= 11 is 6.62. The molecule has 1 aliphatic heterocycles. The molecule has 7 nitrogen and oxygen atoms in total. The van der Waals surface area contributed by atoms with Crippen LogP contribution >= 0.6 is 11.6 Å². The van der Waals surface area contributed by atoms with Crippen LogP contribution in [0.15, 0.2) is 43.0 Å². The summed E-state index contributed by atoms with van der Waals surface area (Å²) in [6.45, 7) is 4.80. The fourth-order valence-electron chi connectivity index (χ4n) is 3.25. The molecule has 8 heteroatoms. The third-order valence-corrected chi connectivity index (χ3v) is 5.03. The van der Waals surface area contributed by atoms with Gasteiger partial charge in [0, 0.05) is 17.5 Å². The molecule has 1 aliphatic rings. The zero-order valence-corrected chi connectivity index (χ0v) is 15.1. The highest BCUT2D eigenvalue weighted by molar-refractivity contribution is 6.36. The molecule has 4 rings (SSSR count). The van der Waals surface area contributed by atoms with Crippen molar-refractivity contribution in [2.75, 3.05) is 19.8 Å². The van der Waals surface area contributed by atoms with Gasteiger partial charge in [-0.2, -0.15) is 0 Å². The smallest absolute Gasteiger partial charge is 0.246 e. The number of aromatic nitrogens is 3. The number of aromatic amines is 1. The number of hydrogen-bond acceptors (Lipinski definition) is 5. The van der Waals surface area contributed by atoms with E-state index in [-0.39, 0.29) is 17.7 Å². The Labute approximate surface area is 160 Å². The molecule has 0 aliphatic carbocycles. The Hall–Kier alpha value is -2.90. The van der Waals surface area contributed by atoms with Crippen molar-refractivity contribution in [2.45, 2.75) is 6.04 Å². The summed E-state index contributed by atoms with van der Waals surface area (Å²) in [5.74, 6) is -0.0690. The lowest BCUT2D eigenvalue weighted by molar-refractivity contribution is -0.134. The topological polar surface area (TPSA) is 91.3 Å². The maximum atomic E-state index is 12.2. The Kier molecular flexibility index (Phi) is 4.55. The molecular formula is C19H17ClN4O3. The minimum atomic E-state index is -0.362. The van der Waals surface area contributed by atoms with Crippen molar-refractivity contribution in [1.29, 1.82) is 0 Å². The molecule has 0 unspecified atom stereocenters. The molecule has 2 N–H and O–H groups in total. The minimum absolute atomic E-state index is 0.112. The molecule has 0 bridgehead atoms. The first kappa shape index (κ1) is 17.5. The Bertz CT molecular complexity index is 1030. The van der Waals surface area contributed by atoms with Gasteiger partial charge in [-0.1, -0.05) is 30.3 Å². The second-order valence-electron chi connectivity index (χ2n) is 6.19. The number of phenolic OH excluding ortho intramolecular Hbond substituents is 1. The molecule has 1 fully saturated rings. The lowest BCUT2D eigenvalue weighted by Crippen LogP contribution is -2.42. The Balaban J connectivity index is 1.79. The standard InChI is InChI=1S/C19H17ClN4O3/c1-2-16(26)24-7-8-27-10-14(24)18-17(20)12-9-13(22-23-19(12)21-18)11-5-3-4-6-15(11)25/h2-6,9,14,25H,1,7-8,10H2,(H,21,23)/t14-/m0/s1. The molecule has 0 spiro atoms. The number of aromatic hydroxyl groups is 1. The first-order chi connectivity index (χ1) is 13.1. The number of carbonyl (C=O) groups is 1. The van der Waals surface area contributed by atoms with Gasteiger partial charge >= 0.3 is 0 Å². The largest absolute Gasteiger partial charge is 0.507 e. The average molecular weight is 385 g/mol. The van der Waals surface area contributed by atoms with Crippen molar-refractivity contribution in [3.05, 3.63) is 53.7 Å². The summed E-state index contributed by atoms with van der Waals surface area (Å²) < 4.78 is 5.55. The highest BCUT2D eigenvalue weighted by Crippen LogP contribution is 2.36. The number of carbonyl (C=O) groups excluding carboxylic acids is 1. The van der Waals surface area contributed by atoms with Gasteiger partial charge in [0.1, 0.15) is 5.75 Å². The number of hydrogen-bond donors (Lipinski definition) is 2. The van der Waals surface area contributed by atoms with Crippen LogP contribution in [0.2, 0.25) is 5.02 Å². The first-order valence-corrected chi connectivity index (χ1v) is 8.82. The molecule has 3 aromatic rings. The van der Waals surface area contributed by atoms with Crippen LogP contribution in [0, 0.1) is 0 Å². The number of halogens is 1. The van der Waals surface area contributed by atoms with Crippen molar-refractivity contribution in [3.63, 3.8) is 0 Å².